The van der Waals surface area contributed by atoms with Crippen molar-refractivity contribution >= 4 is 34.5 Å². The van der Waals surface area contributed by atoms with E-state index in [1.807, 2.05) is 5.32 Å². The lowest BCUT2D eigenvalue weighted by Gasteiger charge is -2.40. The van der Waals surface area contributed by atoms with Crippen molar-refractivity contribution in [1.29, 1.82) is 0 Å². The molecule has 18 heteroatoms. The average Bonchev–Trinajstić information content (AvgIpc) is 2.77. The Bertz CT molecular complexity index is 971. The molecule has 4 nitrogen and oxygen atoms in total. The highest BCUT2D eigenvalue weighted by Gasteiger charge is 2.90. The molecule has 1 unspecified atom stereocenters. The van der Waals surface area contributed by atoms with E-state index in [2.05, 4.69) is 4.74 Å². The first-order valence-electron chi connectivity index (χ1n) is 10.1. The predicted molar refractivity (Wildman–Crippen MR) is 112 cm³/mol. The molecule has 0 saturated carbocycles. The van der Waals surface area contributed by atoms with Gasteiger partial charge in [-0.1, -0.05) is 52.9 Å². The van der Waals surface area contributed by atoms with Gasteiger partial charge in [-0.05, 0) is 12.5 Å². The summed E-state index contributed by atoms with van der Waals surface area (Å²) in [5.41, 5.74) is 0.375. The summed E-state index contributed by atoms with van der Waals surface area (Å²) in [6, 6.07) is 5.84. The second kappa shape index (κ2) is 11.6. The fraction of sp³-hybridized carbons (Fsp3) is 0.600. The van der Waals surface area contributed by atoms with Crippen molar-refractivity contribution in [1.82, 2.24) is 5.32 Å². The number of hydrogen-bond donors (Lipinski definition) is 1. The van der Waals surface area contributed by atoms with E-state index in [0.29, 0.717) is 28.2 Å². The first kappa shape index (κ1) is 34.0. The Labute approximate surface area is 219 Å². The highest BCUT2D eigenvalue weighted by Crippen LogP contribution is 2.60. The van der Waals surface area contributed by atoms with Crippen molar-refractivity contribution in [2.24, 2.45) is 0 Å². The topological polar surface area (TPSA) is 55.4 Å². The van der Waals surface area contributed by atoms with Crippen LogP contribution in [0.25, 0.3) is 0 Å². The minimum absolute atomic E-state index is 0.232. The van der Waals surface area contributed by atoms with Gasteiger partial charge in [0, 0.05) is 12.8 Å². The minimum atomic E-state index is -8.03. The maximum atomic E-state index is 14.1. The summed E-state index contributed by atoms with van der Waals surface area (Å²) in [7, 11) is 0. The van der Waals surface area contributed by atoms with Crippen LogP contribution in [-0.2, 0) is 20.7 Å². The Morgan fingerprint density at radius 1 is 0.816 bits per heavy atom. The predicted octanol–water partition coefficient (Wildman–Crippen LogP) is 6.21. The molecule has 0 fully saturated rings. The number of esters is 1. The second-order valence-electron chi connectivity index (χ2n) is 7.67. The van der Waals surface area contributed by atoms with Crippen LogP contribution in [-0.4, -0.2) is 64.2 Å². The maximum absolute atomic E-state index is 14.1. The van der Waals surface area contributed by atoms with Crippen LogP contribution in [0.1, 0.15) is 18.9 Å². The van der Waals surface area contributed by atoms with Gasteiger partial charge in [-0.2, -0.15) is 57.1 Å². The van der Waals surface area contributed by atoms with Gasteiger partial charge in [-0.25, -0.2) is 4.79 Å². The number of carbonyl (C=O) groups is 2. The highest BCUT2D eigenvalue weighted by atomic mass is 127. The van der Waals surface area contributed by atoms with E-state index in [-0.39, 0.29) is 13.0 Å². The van der Waals surface area contributed by atoms with Crippen molar-refractivity contribution in [2.75, 3.05) is 6.61 Å². The van der Waals surface area contributed by atoms with Crippen LogP contribution in [0, 0.1) is 0 Å². The number of rotatable bonds is 12. The fourth-order valence-corrected chi connectivity index (χ4v) is 3.53. The lowest BCUT2D eigenvalue weighted by Crippen LogP contribution is -2.70. The van der Waals surface area contributed by atoms with Gasteiger partial charge in [0.1, 0.15) is 6.04 Å². The van der Waals surface area contributed by atoms with Crippen LogP contribution in [0.4, 0.5) is 57.1 Å². The molecule has 0 bridgehead atoms. The molecule has 0 aliphatic carbocycles. The summed E-state index contributed by atoms with van der Waals surface area (Å²) in [6.07, 6.45) is -10.6. The number of ether oxygens (including phenoxy) is 1. The number of benzene rings is 1. The monoisotopic (exact) mass is 693 g/mol. The van der Waals surface area contributed by atoms with Crippen LogP contribution in [0.2, 0.25) is 0 Å². The molecule has 38 heavy (non-hydrogen) atoms. The van der Waals surface area contributed by atoms with E-state index < -0.39 is 64.1 Å². The summed E-state index contributed by atoms with van der Waals surface area (Å²) in [4.78, 5) is 24.4. The number of halogens is 14. The molecule has 0 spiro atoms. The molecular formula is C20H17F13INO3. The second-order valence-corrected chi connectivity index (χ2v) is 9.18. The fourth-order valence-electron chi connectivity index (χ4n) is 2.80. The van der Waals surface area contributed by atoms with E-state index >= 15 is 0 Å². The number of nitrogens with one attached hydrogen (secondary N) is 1. The molecule has 1 amide bonds. The standard InChI is InChI=1S/C20H17F13INO3/c1-2-38-14(37)12(8-10-6-4-3-5-7-10)35-13(36)11(34)9-15(21,22)16(23,24)17(25,26)18(27,28)19(29,30)20(31,32)33/h3-7,11-12H,2,8-9H2,1H3,(H,35,36)/t11?,12-/m0/s1. The Balaban J connectivity index is 3.20. The third kappa shape index (κ3) is 6.57. The van der Waals surface area contributed by atoms with E-state index in [1.54, 1.807) is 6.07 Å². The summed E-state index contributed by atoms with van der Waals surface area (Å²) in [5, 5.41) is 1.83. The molecule has 0 heterocycles. The highest BCUT2D eigenvalue weighted by molar-refractivity contribution is 14.1. The van der Waals surface area contributed by atoms with Gasteiger partial charge in [-0.15, -0.1) is 0 Å². The number of hydrogen-bond acceptors (Lipinski definition) is 3. The van der Waals surface area contributed by atoms with Crippen LogP contribution < -0.4 is 5.32 Å². The number of alkyl halides is 14. The van der Waals surface area contributed by atoms with Gasteiger partial charge in [0.25, 0.3) is 0 Å². The zero-order valence-corrected chi connectivity index (χ0v) is 20.8. The molecule has 1 aromatic carbocycles. The SMILES string of the molecule is CCOC(=O)[C@H](Cc1ccccc1)NC(=O)C(I)CC(F)(F)C(F)(F)C(F)(F)C(F)(F)C(F)(F)C(F)(F)F. The van der Waals surface area contributed by atoms with E-state index in [9.17, 15) is 66.7 Å². The smallest absolute Gasteiger partial charge is 0.460 e. The van der Waals surface area contributed by atoms with E-state index in [1.165, 1.54) is 31.2 Å². The van der Waals surface area contributed by atoms with Gasteiger partial charge in [0.05, 0.1) is 10.5 Å². The normalized spacial score (nSPS) is 15.6. The van der Waals surface area contributed by atoms with Crippen molar-refractivity contribution < 1.29 is 71.4 Å². The third-order valence-electron chi connectivity index (χ3n) is 4.89. The van der Waals surface area contributed by atoms with Crippen LogP contribution in [0.15, 0.2) is 30.3 Å². The quantitative estimate of drug-likeness (QED) is 0.123. The number of amides is 1. The maximum Gasteiger partial charge on any atom is 0.460 e. The third-order valence-corrected chi connectivity index (χ3v) is 5.89. The van der Waals surface area contributed by atoms with Crippen molar-refractivity contribution in [3.05, 3.63) is 35.9 Å². The summed E-state index contributed by atoms with van der Waals surface area (Å²) >= 11 is 0.682. The van der Waals surface area contributed by atoms with Gasteiger partial charge >= 0.3 is 41.8 Å². The van der Waals surface area contributed by atoms with E-state index in [4.69, 9.17) is 0 Å². The molecule has 1 rings (SSSR count). The van der Waals surface area contributed by atoms with Gasteiger partial charge in [-0.3, -0.25) is 4.79 Å². The molecule has 1 N–H and O–H groups in total. The average molecular weight is 693 g/mol. The zero-order chi connectivity index (χ0) is 30.0. The van der Waals surface area contributed by atoms with Crippen molar-refractivity contribution in [2.45, 2.75) is 65.5 Å². The molecule has 1 aromatic rings. The molecule has 0 aromatic heterocycles. The molecule has 218 valence electrons. The Kier molecular flexibility index (Phi) is 10.4. The first-order chi connectivity index (χ1) is 17.0. The van der Waals surface area contributed by atoms with Crippen LogP contribution in [0.5, 0.6) is 0 Å². The summed E-state index contributed by atoms with van der Waals surface area (Å²) in [6.45, 7) is 1.12. The Morgan fingerprint density at radius 3 is 1.74 bits per heavy atom. The van der Waals surface area contributed by atoms with Crippen LogP contribution in [0.3, 0.4) is 0 Å². The van der Waals surface area contributed by atoms with Gasteiger partial charge in [0.15, 0.2) is 0 Å². The zero-order valence-electron chi connectivity index (χ0n) is 18.7. The lowest BCUT2D eigenvalue weighted by molar-refractivity contribution is -0.440. The van der Waals surface area contributed by atoms with Gasteiger partial charge < -0.3 is 10.1 Å². The number of carbonyl (C=O) groups excluding carboxylic acids is 2. The largest absolute Gasteiger partial charge is 0.464 e. The molecule has 0 radical (unpaired) electrons. The molecular weight excluding hydrogens is 676 g/mol. The molecule has 0 aliphatic rings. The van der Waals surface area contributed by atoms with Crippen LogP contribution >= 0.6 is 22.6 Å². The van der Waals surface area contributed by atoms with E-state index in [0.717, 1.165) is 0 Å². The molecule has 0 aliphatic heterocycles. The Morgan fingerprint density at radius 2 is 1.29 bits per heavy atom. The van der Waals surface area contributed by atoms with Crippen molar-refractivity contribution in [3.63, 3.8) is 0 Å². The van der Waals surface area contributed by atoms with Gasteiger partial charge in [0.2, 0.25) is 5.91 Å². The van der Waals surface area contributed by atoms with Crippen molar-refractivity contribution in [3.8, 4) is 0 Å². The Hall–Kier alpha value is -2.02. The summed E-state index contributed by atoms with van der Waals surface area (Å²) < 4.78 is 175. The lowest BCUT2D eigenvalue weighted by atomic mass is 9.92. The summed E-state index contributed by atoms with van der Waals surface area (Å²) in [5.74, 6) is -40.6. The molecule has 0 saturated heterocycles. The first-order valence-corrected chi connectivity index (χ1v) is 11.3. The minimum Gasteiger partial charge on any atom is -0.464 e. The molecule has 2 atom stereocenters.